The highest BCUT2D eigenvalue weighted by molar-refractivity contribution is 4.98. The summed E-state index contributed by atoms with van der Waals surface area (Å²) in [4.78, 5) is 0. The quantitative estimate of drug-likeness (QED) is 0.780. The van der Waals surface area contributed by atoms with Crippen LogP contribution in [0.25, 0.3) is 0 Å². The highest BCUT2D eigenvalue weighted by Gasteiger charge is 2.46. The Morgan fingerprint density at radius 2 is 2.00 bits per heavy atom. The number of piperidine rings is 1. The molecule has 0 aromatic carbocycles. The van der Waals surface area contributed by atoms with Gasteiger partial charge in [-0.05, 0) is 74.8 Å². The smallest absolute Gasteiger partial charge is 0.00152 e. The molecular weight excluding hydrogens is 206 g/mol. The van der Waals surface area contributed by atoms with Crippen LogP contribution >= 0.6 is 0 Å². The lowest BCUT2D eigenvalue weighted by atomic mass is 9.58. The molecule has 1 aliphatic heterocycles. The van der Waals surface area contributed by atoms with E-state index in [0.717, 1.165) is 23.2 Å². The fraction of sp³-hybridized carbons (Fsp3) is 1.00. The minimum atomic E-state index is 0.757. The van der Waals surface area contributed by atoms with Gasteiger partial charge in [0.25, 0.3) is 0 Å². The van der Waals surface area contributed by atoms with Crippen molar-refractivity contribution in [1.82, 2.24) is 5.32 Å². The first-order chi connectivity index (χ1) is 8.34. The Kier molecular flexibility index (Phi) is 3.47. The van der Waals surface area contributed by atoms with Crippen molar-refractivity contribution < 1.29 is 0 Å². The van der Waals surface area contributed by atoms with Gasteiger partial charge in [-0.15, -0.1) is 0 Å². The van der Waals surface area contributed by atoms with Crippen LogP contribution in [0, 0.1) is 23.2 Å². The van der Waals surface area contributed by atoms with E-state index in [1.54, 1.807) is 32.1 Å². The van der Waals surface area contributed by atoms with Crippen LogP contribution in [-0.4, -0.2) is 13.1 Å². The van der Waals surface area contributed by atoms with E-state index in [2.05, 4.69) is 12.2 Å². The van der Waals surface area contributed by atoms with Crippen molar-refractivity contribution in [3.8, 4) is 0 Å². The Morgan fingerprint density at radius 3 is 2.76 bits per heavy atom. The molecule has 0 aromatic heterocycles. The van der Waals surface area contributed by atoms with Gasteiger partial charge in [0.15, 0.2) is 0 Å². The molecule has 1 nitrogen and oxygen atoms in total. The van der Waals surface area contributed by atoms with Gasteiger partial charge in [0, 0.05) is 0 Å². The minimum Gasteiger partial charge on any atom is -0.316 e. The third kappa shape index (κ3) is 2.41. The molecule has 0 bridgehead atoms. The summed E-state index contributed by atoms with van der Waals surface area (Å²) in [7, 11) is 0. The molecule has 98 valence electrons. The normalized spacial score (nSPS) is 42.9. The van der Waals surface area contributed by atoms with Crippen LogP contribution in [0.2, 0.25) is 0 Å². The van der Waals surface area contributed by atoms with E-state index in [1.807, 2.05) is 0 Å². The van der Waals surface area contributed by atoms with Gasteiger partial charge in [0.2, 0.25) is 0 Å². The molecule has 2 saturated carbocycles. The third-order valence-corrected chi connectivity index (χ3v) is 5.90. The molecule has 3 rings (SSSR count). The summed E-state index contributed by atoms with van der Waals surface area (Å²) in [5, 5.41) is 3.65. The fourth-order valence-electron chi connectivity index (χ4n) is 4.80. The highest BCUT2D eigenvalue weighted by Crippen LogP contribution is 2.55. The Bertz CT molecular complexity index is 252. The van der Waals surface area contributed by atoms with E-state index in [4.69, 9.17) is 0 Å². The van der Waals surface area contributed by atoms with E-state index in [9.17, 15) is 0 Å². The van der Waals surface area contributed by atoms with E-state index in [0.29, 0.717) is 0 Å². The first-order valence-electron chi connectivity index (χ1n) is 8.05. The molecule has 0 radical (unpaired) electrons. The summed E-state index contributed by atoms with van der Waals surface area (Å²) in [6.07, 6.45) is 13.6. The van der Waals surface area contributed by atoms with Crippen molar-refractivity contribution in [3.63, 3.8) is 0 Å². The predicted octanol–water partition coefficient (Wildman–Crippen LogP) is 3.98. The van der Waals surface area contributed by atoms with Gasteiger partial charge in [0.05, 0.1) is 0 Å². The summed E-state index contributed by atoms with van der Waals surface area (Å²) in [6, 6.07) is 0. The molecular formula is C16H29N. The topological polar surface area (TPSA) is 12.0 Å². The Hall–Kier alpha value is -0.0400. The van der Waals surface area contributed by atoms with Crippen LogP contribution < -0.4 is 5.32 Å². The van der Waals surface area contributed by atoms with Gasteiger partial charge in [-0.1, -0.05) is 26.2 Å². The van der Waals surface area contributed by atoms with Gasteiger partial charge >= 0.3 is 0 Å². The van der Waals surface area contributed by atoms with Gasteiger partial charge in [-0.2, -0.15) is 0 Å². The van der Waals surface area contributed by atoms with Crippen molar-refractivity contribution in [2.75, 3.05) is 13.1 Å². The van der Waals surface area contributed by atoms with Crippen LogP contribution in [0.5, 0.6) is 0 Å². The second kappa shape index (κ2) is 4.91. The Morgan fingerprint density at radius 1 is 1.12 bits per heavy atom. The SMILES string of the molecule is CCCC1CNCCC12CCCC(C1CC1)C2. The van der Waals surface area contributed by atoms with Crippen LogP contribution in [-0.2, 0) is 0 Å². The lowest BCUT2D eigenvalue weighted by Gasteiger charge is -2.50. The largest absolute Gasteiger partial charge is 0.316 e. The average Bonchev–Trinajstić information content (AvgIpc) is 3.17. The molecule has 0 aromatic rings. The van der Waals surface area contributed by atoms with Crippen LogP contribution in [0.1, 0.15) is 64.7 Å². The molecule has 2 aliphatic carbocycles. The fourth-order valence-corrected chi connectivity index (χ4v) is 4.80. The molecule has 17 heavy (non-hydrogen) atoms. The van der Waals surface area contributed by atoms with Crippen LogP contribution in [0.3, 0.4) is 0 Å². The molecule has 3 atom stereocenters. The Balaban J connectivity index is 1.71. The monoisotopic (exact) mass is 235 g/mol. The summed E-state index contributed by atoms with van der Waals surface area (Å²) < 4.78 is 0. The number of rotatable bonds is 3. The van der Waals surface area contributed by atoms with Crippen molar-refractivity contribution in [2.45, 2.75) is 64.7 Å². The second-order valence-corrected chi connectivity index (χ2v) is 7.00. The lowest BCUT2D eigenvalue weighted by molar-refractivity contribution is 0.0222. The summed E-state index contributed by atoms with van der Waals surface area (Å²) >= 11 is 0. The zero-order valence-corrected chi connectivity index (χ0v) is 11.5. The van der Waals surface area contributed by atoms with Crippen LogP contribution in [0.15, 0.2) is 0 Å². The molecule has 1 saturated heterocycles. The summed E-state index contributed by atoms with van der Waals surface area (Å²) in [5.74, 6) is 3.24. The molecule has 1 heterocycles. The standard InChI is InChI=1S/C16H29N/c1-2-4-15-12-17-10-9-16(15)8-3-5-14(11-16)13-6-7-13/h13-15,17H,2-12H2,1H3. The molecule has 0 amide bonds. The predicted molar refractivity (Wildman–Crippen MR) is 73.0 cm³/mol. The lowest BCUT2D eigenvalue weighted by Crippen LogP contribution is -2.47. The summed E-state index contributed by atoms with van der Waals surface area (Å²) in [5.41, 5.74) is 0.757. The summed E-state index contributed by atoms with van der Waals surface area (Å²) in [6.45, 7) is 4.96. The van der Waals surface area contributed by atoms with Crippen molar-refractivity contribution in [2.24, 2.45) is 23.2 Å². The van der Waals surface area contributed by atoms with Crippen molar-refractivity contribution >= 4 is 0 Å². The molecule has 3 fully saturated rings. The third-order valence-electron chi connectivity index (χ3n) is 5.90. The molecule has 1 spiro atoms. The maximum Gasteiger partial charge on any atom is -0.00152 e. The van der Waals surface area contributed by atoms with Crippen molar-refractivity contribution in [1.29, 1.82) is 0 Å². The van der Waals surface area contributed by atoms with Gasteiger partial charge in [-0.3, -0.25) is 0 Å². The first kappa shape index (κ1) is 12.0. The first-order valence-corrected chi connectivity index (χ1v) is 8.05. The zero-order valence-electron chi connectivity index (χ0n) is 11.5. The highest BCUT2D eigenvalue weighted by atomic mass is 14.9. The van der Waals surface area contributed by atoms with Crippen molar-refractivity contribution in [3.05, 3.63) is 0 Å². The van der Waals surface area contributed by atoms with Gasteiger partial charge in [0.1, 0.15) is 0 Å². The zero-order chi connectivity index (χ0) is 11.7. The number of hydrogen-bond donors (Lipinski definition) is 1. The van der Waals surface area contributed by atoms with E-state index >= 15 is 0 Å². The van der Waals surface area contributed by atoms with E-state index < -0.39 is 0 Å². The average molecular weight is 235 g/mol. The number of nitrogens with one attached hydrogen (secondary N) is 1. The van der Waals surface area contributed by atoms with Gasteiger partial charge < -0.3 is 5.32 Å². The maximum atomic E-state index is 3.65. The molecule has 3 unspecified atom stereocenters. The number of hydrogen-bond acceptors (Lipinski definition) is 1. The molecule has 1 N–H and O–H groups in total. The van der Waals surface area contributed by atoms with Crippen LogP contribution in [0.4, 0.5) is 0 Å². The second-order valence-electron chi connectivity index (χ2n) is 7.00. The van der Waals surface area contributed by atoms with Gasteiger partial charge in [-0.25, -0.2) is 0 Å². The van der Waals surface area contributed by atoms with E-state index in [1.165, 1.54) is 38.8 Å². The maximum absolute atomic E-state index is 3.65. The minimum absolute atomic E-state index is 0.757. The van der Waals surface area contributed by atoms with E-state index in [-0.39, 0.29) is 0 Å². The Labute approximate surface area is 107 Å². The molecule has 1 heteroatoms. The molecule has 3 aliphatic rings.